The van der Waals surface area contributed by atoms with Crippen molar-refractivity contribution < 1.29 is 4.79 Å². The van der Waals surface area contributed by atoms with Crippen molar-refractivity contribution in [3.8, 4) is 11.3 Å². The average Bonchev–Trinajstić information content (AvgIpc) is 3.03. The summed E-state index contributed by atoms with van der Waals surface area (Å²) in [6.07, 6.45) is 4.37. The van der Waals surface area contributed by atoms with E-state index in [0.29, 0.717) is 5.69 Å². The molecule has 0 atom stereocenters. The summed E-state index contributed by atoms with van der Waals surface area (Å²) in [6, 6.07) is 11.3. The molecule has 3 rings (SSSR count). The van der Waals surface area contributed by atoms with Crippen LogP contribution in [0.15, 0.2) is 41.2 Å². The molecule has 120 valence electrons. The molecule has 2 aromatic rings. The predicted octanol–water partition coefficient (Wildman–Crippen LogP) is 2.28. The van der Waals surface area contributed by atoms with E-state index in [2.05, 4.69) is 10.4 Å². The van der Waals surface area contributed by atoms with Gasteiger partial charge in [0, 0.05) is 17.7 Å². The van der Waals surface area contributed by atoms with E-state index < -0.39 is 0 Å². The average molecular weight is 311 g/mol. The van der Waals surface area contributed by atoms with E-state index in [-0.39, 0.29) is 24.1 Å². The number of hydrogen-bond acceptors (Lipinski definition) is 3. The highest BCUT2D eigenvalue weighted by atomic mass is 16.2. The van der Waals surface area contributed by atoms with Crippen LogP contribution in [-0.4, -0.2) is 21.7 Å². The molecule has 1 N–H and O–H groups in total. The minimum atomic E-state index is -0.262. The molecule has 0 aliphatic heterocycles. The maximum Gasteiger partial charge on any atom is 0.267 e. The molecule has 1 aliphatic carbocycles. The first-order valence-corrected chi connectivity index (χ1v) is 8.06. The van der Waals surface area contributed by atoms with Crippen molar-refractivity contribution >= 4 is 5.91 Å². The molecule has 0 unspecified atom stereocenters. The molecule has 5 nitrogen and oxygen atoms in total. The standard InChI is InChI=1S/C18H21N3O2/c1-13-6-8-14(9-7-13)16-10-11-18(23)21(20-16)12-17(22)19-15-4-2-3-5-15/h6-11,15H,2-5,12H2,1H3,(H,19,22). The van der Waals surface area contributed by atoms with Crippen LogP contribution in [0.3, 0.4) is 0 Å². The lowest BCUT2D eigenvalue weighted by atomic mass is 10.1. The molecule has 1 saturated carbocycles. The van der Waals surface area contributed by atoms with Crippen molar-refractivity contribution in [2.24, 2.45) is 0 Å². The van der Waals surface area contributed by atoms with Gasteiger partial charge in [0.25, 0.3) is 5.56 Å². The van der Waals surface area contributed by atoms with E-state index in [1.165, 1.54) is 10.7 Å². The summed E-state index contributed by atoms with van der Waals surface area (Å²) in [5, 5.41) is 7.31. The topological polar surface area (TPSA) is 64.0 Å². The van der Waals surface area contributed by atoms with Gasteiger partial charge >= 0.3 is 0 Å². The number of aromatic nitrogens is 2. The molecule has 5 heteroatoms. The molecule has 23 heavy (non-hydrogen) atoms. The van der Waals surface area contributed by atoms with Gasteiger partial charge in [0.2, 0.25) is 5.91 Å². The molecular weight excluding hydrogens is 290 g/mol. The summed E-state index contributed by atoms with van der Waals surface area (Å²) in [6.45, 7) is 1.99. The maximum absolute atomic E-state index is 12.1. The highest BCUT2D eigenvalue weighted by Crippen LogP contribution is 2.18. The Morgan fingerprint density at radius 3 is 2.57 bits per heavy atom. The molecule has 0 saturated heterocycles. The number of nitrogens with one attached hydrogen (secondary N) is 1. The van der Waals surface area contributed by atoms with Crippen LogP contribution in [0.2, 0.25) is 0 Å². The summed E-state index contributed by atoms with van der Waals surface area (Å²) in [7, 11) is 0. The van der Waals surface area contributed by atoms with Gasteiger partial charge < -0.3 is 5.32 Å². The van der Waals surface area contributed by atoms with E-state index in [1.54, 1.807) is 6.07 Å². The van der Waals surface area contributed by atoms with Crippen LogP contribution in [0.25, 0.3) is 11.3 Å². The highest BCUT2D eigenvalue weighted by molar-refractivity contribution is 5.76. The number of carbonyl (C=O) groups is 1. The van der Waals surface area contributed by atoms with Crippen molar-refractivity contribution in [2.75, 3.05) is 0 Å². The number of benzene rings is 1. The Balaban J connectivity index is 1.76. The summed E-state index contributed by atoms with van der Waals surface area (Å²) >= 11 is 0. The first-order valence-electron chi connectivity index (χ1n) is 8.06. The lowest BCUT2D eigenvalue weighted by Gasteiger charge is -2.12. The van der Waals surface area contributed by atoms with Gasteiger partial charge in [0.1, 0.15) is 6.54 Å². The third-order valence-corrected chi connectivity index (χ3v) is 4.23. The lowest BCUT2D eigenvalue weighted by Crippen LogP contribution is -2.38. The minimum absolute atomic E-state index is 0.0327. The first kappa shape index (κ1) is 15.5. The fourth-order valence-electron chi connectivity index (χ4n) is 2.92. The van der Waals surface area contributed by atoms with Crippen molar-refractivity contribution in [3.63, 3.8) is 0 Å². The van der Waals surface area contributed by atoms with Crippen LogP contribution in [-0.2, 0) is 11.3 Å². The molecule has 1 heterocycles. The van der Waals surface area contributed by atoms with Gasteiger partial charge in [-0.2, -0.15) is 5.10 Å². The van der Waals surface area contributed by atoms with Crippen molar-refractivity contribution in [1.82, 2.24) is 15.1 Å². The maximum atomic E-state index is 12.1. The smallest absolute Gasteiger partial charge is 0.267 e. The fraction of sp³-hybridized carbons (Fsp3) is 0.389. The molecule has 0 radical (unpaired) electrons. The van der Waals surface area contributed by atoms with E-state index in [9.17, 15) is 9.59 Å². The van der Waals surface area contributed by atoms with Crippen molar-refractivity contribution in [3.05, 3.63) is 52.3 Å². The third kappa shape index (κ3) is 3.86. The molecule has 0 spiro atoms. The van der Waals surface area contributed by atoms with E-state index in [0.717, 1.165) is 36.8 Å². The molecule has 1 aliphatic rings. The van der Waals surface area contributed by atoms with Gasteiger partial charge in [0.15, 0.2) is 0 Å². The number of rotatable bonds is 4. The number of carbonyl (C=O) groups excluding carboxylic acids is 1. The number of amides is 1. The quantitative estimate of drug-likeness (QED) is 0.942. The molecule has 0 bridgehead atoms. The van der Waals surface area contributed by atoms with Gasteiger partial charge in [-0.25, -0.2) is 4.68 Å². The Morgan fingerprint density at radius 2 is 1.87 bits per heavy atom. The predicted molar refractivity (Wildman–Crippen MR) is 89.1 cm³/mol. The summed E-state index contributed by atoms with van der Waals surface area (Å²) < 4.78 is 1.24. The first-order chi connectivity index (χ1) is 11.1. The SMILES string of the molecule is Cc1ccc(-c2ccc(=O)n(CC(=O)NC3CCCC3)n2)cc1. The molecule has 1 aromatic heterocycles. The molecule has 1 amide bonds. The monoisotopic (exact) mass is 311 g/mol. The van der Waals surface area contributed by atoms with Crippen LogP contribution in [0.1, 0.15) is 31.2 Å². The molecule has 1 fully saturated rings. The Bertz CT molecular complexity index is 744. The fourth-order valence-corrected chi connectivity index (χ4v) is 2.92. The van der Waals surface area contributed by atoms with Crippen molar-refractivity contribution in [2.45, 2.75) is 45.2 Å². The van der Waals surface area contributed by atoms with Gasteiger partial charge in [-0.15, -0.1) is 0 Å². The number of hydrogen-bond donors (Lipinski definition) is 1. The Morgan fingerprint density at radius 1 is 1.17 bits per heavy atom. The summed E-state index contributed by atoms with van der Waals surface area (Å²) in [4.78, 5) is 24.1. The second-order valence-electron chi connectivity index (χ2n) is 6.13. The number of aryl methyl sites for hydroxylation is 1. The second kappa shape index (κ2) is 6.77. The van der Waals surface area contributed by atoms with E-state index in [4.69, 9.17) is 0 Å². The van der Waals surface area contributed by atoms with Gasteiger partial charge in [-0.05, 0) is 25.8 Å². The van der Waals surface area contributed by atoms with Crippen molar-refractivity contribution in [1.29, 1.82) is 0 Å². The summed E-state index contributed by atoms with van der Waals surface area (Å²) in [5.41, 5.74) is 2.53. The number of nitrogens with zero attached hydrogens (tertiary/aromatic N) is 2. The highest BCUT2D eigenvalue weighted by Gasteiger charge is 2.17. The third-order valence-electron chi connectivity index (χ3n) is 4.23. The minimum Gasteiger partial charge on any atom is -0.352 e. The lowest BCUT2D eigenvalue weighted by molar-refractivity contribution is -0.122. The zero-order valence-electron chi connectivity index (χ0n) is 13.3. The second-order valence-corrected chi connectivity index (χ2v) is 6.13. The zero-order chi connectivity index (χ0) is 16.2. The molecular formula is C18H21N3O2. The van der Waals surface area contributed by atoms with Crippen LogP contribution in [0.4, 0.5) is 0 Å². The van der Waals surface area contributed by atoms with Gasteiger partial charge in [-0.1, -0.05) is 42.7 Å². The Kier molecular flexibility index (Phi) is 4.55. The Hall–Kier alpha value is -2.43. The van der Waals surface area contributed by atoms with Crippen LogP contribution in [0, 0.1) is 6.92 Å². The van der Waals surface area contributed by atoms with E-state index in [1.807, 2.05) is 31.2 Å². The Labute approximate surface area is 135 Å². The van der Waals surface area contributed by atoms with Crippen LogP contribution in [0.5, 0.6) is 0 Å². The normalized spacial score (nSPS) is 14.8. The summed E-state index contributed by atoms with van der Waals surface area (Å²) in [5.74, 6) is -0.146. The van der Waals surface area contributed by atoms with Crippen LogP contribution < -0.4 is 10.9 Å². The largest absolute Gasteiger partial charge is 0.352 e. The zero-order valence-corrected chi connectivity index (χ0v) is 13.3. The van der Waals surface area contributed by atoms with Gasteiger partial charge in [0.05, 0.1) is 5.69 Å². The van der Waals surface area contributed by atoms with E-state index >= 15 is 0 Å². The van der Waals surface area contributed by atoms with Crippen LogP contribution >= 0.6 is 0 Å². The van der Waals surface area contributed by atoms with Gasteiger partial charge in [-0.3, -0.25) is 9.59 Å². The molecule has 1 aromatic carbocycles.